The van der Waals surface area contributed by atoms with Crippen molar-refractivity contribution in [3.05, 3.63) is 59.4 Å². The molecular weight excluding hydrogens is 270 g/mol. The van der Waals surface area contributed by atoms with Gasteiger partial charge in [0.2, 0.25) is 0 Å². The number of nitrogens with one attached hydrogen (secondary N) is 1. The van der Waals surface area contributed by atoms with Gasteiger partial charge in [-0.3, -0.25) is 0 Å². The highest BCUT2D eigenvalue weighted by atomic mass is 15.0. The Morgan fingerprint density at radius 3 is 2.55 bits per heavy atom. The number of fused-ring (bicyclic) bond motifs is 1. The van der Waals surface area contributed by atoms with Crippen LogP contribution in [-0.4, -0.2) is 15.9 Å². The summed E-state index contributed by atoms with van der Waals surface area (Å²) in [4.78, 5) is 4.80. The van der Waals surface area contributed by atoms with Crippen molar-refractivity contribution in [1.82, 2.24) is 14.7 Å². The molecule has 0 unspecified atom stereocenters. The quantitative estimate of drug-likeness (QED) is 0.589. The fourth-order valence-electron chi connectivity index (χ4n) is 2.56. The smallest absolute Gasteiger partial charge is 0.137 e. The molecule has 0 spiro atoms. The molecule has 0 fully saturated rings. The Balaban J connectivity index is 2.13. The molecule has 0 saturated carbocycles. The van der Waals surface area contributed by atoms with E-state index < -0.39 is 0 Å². The normalized spacial score (nSPS) is 10.8. The van der Waals surface area contributed by atoms with Gasteiger partial charge in [-0.15, -0.1) is 6.42 Å². The Labute approximate surface area is 131 Å². The third-order valence-electron chi connectivity index (χ3n) is 3.71. The van der Waals surface area contributed by atoms with Crippen LogP contribution < -0.4 is 5.32 Å². The summed E-state index contributed by atoms with van der Waals surface area (Å²) >= 11 is 0. The summed E-state index contributed by atoms with van der Waals surface area (Å²) in [6.45, 7) is 5.42. The van der Waals surface area contributed by atoms with Crippen LogP contribution >= 0.6 is 0 Å². The van der Waals surface area contributed by atoms with Crippen LogP contribution in [0.5, 0.6) is 0 Å². The molecule has 3 heteroatoms. The second kappa shape index (κ2) is 6.05. The maximum Gasteiger partial charge on any atom is 0.137 e. The topological polar surface area (TPSA) is 29.3 Å². The summed E-state index contributed by atoms with van der Waals surface area (Å²) in [5.41, 5.74) is 6.69. The minimum Gasteiger partial charge on any atom is -0.302 e. The molecule has 0 aliphatic rings. The SMILES string of the molecule is C#CCNCc1c(-c2ccc(C)cc2)nc2ccc(C)cn12. The molecule has 3 aromatic rings. The van der Waals surface area contributed by atoms with Crippen molar-refractivity contribution in [3.8, 4) is 23.6 Å². The van der Waals surface area contributed by atoms with Crippen molar-refractivity contribution >= 4 is 5.65 Å². The van der Waals surface area contributed by atoms with Gasteiger partial charge in [0.05, 0.1) is 17.9 Å². The molecule has 0 atom stereocenters. The molecule has 2 aromatic heterocycles. The number of rotatable bonds is 4. The third kappa shape index (κ3) is 2.74. The monoisotopic (exact) mass is 289 g/mol. The molecule has 1 aromatic carbocycles. The van der Waals surface area contributed by atoms with E-state index in [0.717, 1.165) is 22.6 Å². The number of hydrogen-bond acceptors (Lipinski definition) is 2. The van der Waals surface area contributed by atoms with E-state index in [0.29, 0.717) is 13.1 Å². The lowest BCUT2D eigenvalue weighted by atomic mass is 10.1. The summed E-state index contributed by atoms with van der Waals surface area (Å²) in [5.74, 6) is 2.62. The molecule has 3 rings (SSSR count). The Kier molecular flexibility index (Phi) is 3.95. The average molecular weight is 289 g/mol. The van der Waals surface area contributed by atoms with Crippen LogP contribution in [0.15, 0.2) is 42.6 Å². The van der Waals surface area contributed by atoms with E-state index in [9.17, 15) is 0 Å². The number of benzene rings is 1. The van der Waals surface area contributed by atoms with Crippen LogP contribution in [0.1, 0.15) is 16.8 Å². The first kappa shape index (κ1) is 14.4. The van der Waals surface area contributed by atoms with Gasteiger partial charge in [0, 0.05) is 18.3 Å². The van der Waals surface area contributed by atoms with E-state index in [4.69, 9.17) is 11.4 Å². The number of aromatic nitrogens is 2. The van der Waals surface area contributed by atoms with Gasteiger partial charge >= 0.3 is 0 Å². The van der Waals surface area contributed by atoms with Gasteiger partial charge in [0.15, 0.2) is 0 Å². The van der Waals surface area contributed by atoms with Crippen molar-refractivity contribution in [3.63, 3.8) is 0 Å². The highest BCUT2D eigenvalue weighted by molar-refractivity contribution is 5.67. The molecule has 0 aliphatic carbocycles. The molecule has 2 heterocycles. The number of hydrogen-bond donors (Lipinski definition) is 1. The Morgan fingerprint density at radius 1 is 1.09 bits per heavy atom. The summed E-state index contributed by atoms with van der Waals surface area (Å²) in [6.07, 6.45) is 7.45. The summed E-state index contributed by atoms with van der Waals surface area (Å²) in [7, 11) is 0. The highest BCUT2D eigenvalue weighted by Gasteiger charge is 2.13. The first-order chi connectivity index (χ1) is 10.7. The van der Waals surface area contributed by atoms with Crippen LogP contribution in [0.2, 0.25) is 0 Å². The zero-order valence-corrected chi connectivity index (χ0v) is 12.9. The largest absolute Gasteiger partial charge is 0.302 e. The number of aryl methyl sites for hydroxylation is 2. The molecule has 0 radical (unpaired) electrons. The number of nitrogens with zero attached hydrogens (tertiary/aromatic N) is 2. The van der Waals surface area contributed by atoms with E-state index in [1.165, 1.54) is 11.1 Å². The lowest BCUT2D eigenvalue weighted by molar-refractivity contribution is 0.744. The maximum absolute atomic E-state index is 5.34. The summed E-state index contributed by atoms with van der Waals surface area (Å²) < 4.78 is 2.15. The molecular formula is C19H19N3. The van der Waals surface area contributed by atoms with E-state index in [1.807, 2.05) is 0 Å². The molecule has 0 aliphatic heterocycles. The number of pyridine rings is 1. The van der Waals surface area contributed by atoms with Gasteiger partial charge < -0.3 is 9.72 Å². The standard InChI is InChI=1S/C19H19N3/c1-4-11-20-12-17-19(16-8-5-14(2)6-9-16)21-18-10-7-15(3)13-22(17)18/h1,5-10,13,20H,11-12H2,2-3H3. The lowest BCUT2D eigenvalue weighted by Gasteiger charge is -2.06. The third-order valence-corrected chi connectivity index (χ3v) is 3.71. The zero-order valence-electron chi connectivity index (χ0n) is 12.9. The van der Waals surface area contributed by atoms with Crippen molar-refractivity contribution < 1.29 is 0 Å². The second-order valence-electron chi connectivity index (χ2n) is 5.52. The van der Waals surface area contributed by atoms with Crippen molar-refractivity contribution in [2.75, 3.05) is 6.54 Å². The molecule has 110 valence electrons. The Morgan fingerprint density at radius 2 is 1.82 bits per heavy atom. The van der Waals surface area contributed by atoms with E-state index >= 15 is 0 Å². The number of terminal acetylenes is 1. The molecule has 0 amide bonds. The fourth-order valence-corrected chi connectivity index (χ4v) is 2.56. The molecule has 22 heavy (non-hydrogen) atoms. The molecule has 0 bridgehead atoms. The van der Waals surface area contributed by atoms with Gasteiger partial charge in [0.1, 0.15) is 5.65 Å². The van der Waals surface area contributed by atoms with Gasteiger partial charge in [-0.2, -0.15) is 0 Å². The summed E-state index contributed by atoms with van der Waals surface area (Å²) in [6, 6.07) is 12.6. The molecule has 1 N–H and O–H groups in total. The average Bonchev–Trinajstić information content (AvgIpc) is 2.86. The van der Waals surface area contributed by atoms with Gasteiger partial charge in [0.25, 0.3) is 0 Å². The zero-order chi connectivity index (χ0) is 15.5. The second-order valence-corrected chi connectivity index (χ2v) is 5.52. The Hall–Kier alpha value is -2.57. The van der Waals surface area contributed by atoms with E-state index in [-0.39, 0.29) is 0 Å². The Bertz CT molecular complexity index is 835. The van der Waals surface area contributed by atoms with E-state index in [1.54, 1.807) is 0 Å². The van der Waals surface area contributed by atoms with Crippen LogP contribution in [0.3, 0.4) is 0 Å². The molecule has 0 saturated heterocycles. The minimum atomic E-state index is 0.548. The number of imidazole rings is 1. The molecule has 3 nitrogen and oxygen atoms in total. The minimum absolute atomic E-state index is 0.548. The van der Waals surface area contributed by atoms with E-state index in [2.05, 4.69) is 72.1 Å². The highest BCUT2D eigenvalue weighted by Crippen LogP contribution is 2.25. The first-order valence-electron chi connectivity index (χ1n) is 7.38. The van der Waals surface area contributed by atoms with Gasteiger partial charge in [-0.25, -0.2) is 4.98 Å². The van der Waals surface area contributed by atoms with Gasteiger partial charge in [-0.05, 0) is 25.5 Å². The van der Waals surface area contributed by atoms with Crippen molar-refractivity contribution in [2.24, 2.45) is 0 Å². The van der Waals surface area contributed by atoms with Crippen molar-refractivity contribution in [1.29, 1.82) is 0 Å². The van der Waals surface area contributed by atoms with Crippen molar-refractivity contribution in [2.45, 2.75) is 20.4 Å². The fraction of sp³-hybridized carbons (Fsp3) is 0.211. The first-order valence-corrected chi connectivity index (χ1v) is 7.38. The van der Waals surface area contributed by atoms with Crippen LogP contribution in [0, 0.1) is 26.2 Å². The maximum atomic E-state index is 5.34. The van der Waals surface area contributed by atoms with Crippen LogP contribution in [0.25, 0.3) is 16.9 Å². The van der Waals surface area contributed by atoms with Crippen LogP contribution in [0.4, 0.5) is 0 Å². The van der Waals surface area contributed by atoms with Gasteiger partial charge in [-0.1, -0.05) is 41.8 Å². The predicted octanol–water partition coefficient (Wildman–Crippen LogP) is 3.34. The predicted molar refractivity (Wildman–Crippen MR) is 90.6 cm³/mol. The lowest BCUT2D eigenvalue weighted by Crippen LogP contribution is -2.15. The van der Waals surface area contributed by atoms with Crippen LogP contribution in [-0.2, 0) is 6.54 Å². The summed E-state index contributed by atoms with van der Waals surface area (Å²) in [5, 5.41) is 3.27.